The van der Waals surface area contributed by atoms with E-state index in [-0.39, 0.29) is 5.57 Å². The largest absolute Gasteiger partial charge is 0.465 e. The van der Waals surface area contributed by atoms with Gasteiger partial charge >= 0.3 is 5.97 Å². The molecular formula is C10H12O3. The molecule has 0 aliphatic rings. The number of methoxy groups -OCH3 is 1. The lowest BCUT2D eigenvalue weighted by Crippen LogP contribution is -2.02. The van der Waals surface area contributed by atoms with Crippen LogP contribution in [0.2, 0.25) is 0 Å². The van der Waals surface area contributed by atoms with Crippen LogP contribution in [0, 0.1) is 0 Å². The Morgan fingerprint density at radius 1 is 1.31 bits per heavy atom. The lowest BCUT2D eigenvalue weighted by molar-refractivity contribution is -0.135. The van der Waals surface area contributed by atoms with E-state index in [0.29, 0.717) is 6.29 Å². The van der Waals surface area contributed by atoms with Crippen LogP contribution >= 0.6 is 0 Å². The van der Waals surface area contributed by atoms with E-state index in [1.807, 2.05) is 13.0 Å². The van der Waals surface area contributed by atoms with Crippen molar-refractivity contribution in [1.29, 1.82) is 0 Å². The van der Waals surface area contributed by atoms with Crippen LogP contribution in [0.5, 0.6) is 0 Å². The van der Waals surface area contributed by atoms with E-state index >= 15 is 0 Å². The molecule has 0 atom stereocenters. The van der Waals surface area contributed by atoms with Crippen LogP contribution in [-0.2, 0) is 14.3 Å². The highest BCUT2D eigenvalue weighted by Crippen LogP contribution is 1.98. The SMILES string of the molecule is C/C=C/C=C/C(=C/C=O)C(=O)OC. The molecule has 0 unspecified atom stereocenters. The van der Waals surface area contributed by atoms with Gasteiger partial charge in [-0.05, 0) is 19.1 Å². The molecule has 0 spiro atoms. The zero-order valence-corrected chi connectivity index (χ0v) is 7.69. The number of esters is 1. The van der Waals surface area contributed by atoms with Crippen molar-refractivity contribution in [2.75, 3.05) is 7.11 Å². The fraction of sp³-hybridized carbons (Fsp3) is 0.200. The van der Waals surface area contributed by atoms with E-state index in [9.17, 15) is 9.59 Å². The topological polar surface area (TPSA) is 43.4 Å². The second-order valence-electron chi connectivity index (χ2n) is 2.13. The van der Waals surface area contributed by atoms with Gasteiger partial charge in [-0.25, -0.2) is 4.79 Å². The molecular weight excluding hydrogens is 168 g/mol. The van der Waals surface area contributed by atoms with Crippen molar-refractivity contribution in [3.63, 3.8) is 0 Å². The molecule has 0 aliphatic heterocycles. The van der Waals surface area contributed by atoms with Gasteiger partial charge < -0.3 is 4.74 Å². The average Bonchev–Trinajstić information content (AvgIpc) is 2.16. The Bertz CT molecular complexity index is 259. The monoisotopic (exact) mass is 180 g/mol. The quantitative estimate of drug-likeness (QED) is 0.284. The first kappa shape index (κ1) is 11.4. The molecule has 0 N–H and O–H groups in total. The van der Waals surface area contributed by atoms with Gasteiger partial charge in [-0.3, -0.25) is 4.79 Å². The molecule has 3 nitrogen and oxygen atoms in total. The summed E-state index contributed by atoms with van der Waals surface area (Å²) in [7, 11) is 1.27. The van der Waals surface area contributed by atoms with Crippen LogP contribution in [0.25, 0.3) is 0 Å². The van der Waals surface area contributed by atoms with Crippen LogP contribution in [0.15, 0.2) is 36.0 Å². The van der Waals surface area contributed by atoms with Gasteiger partial charge in [0.15, 0.2) is 0 Å². The van der Waals surface area contributed by atoms with Crippen molar-refractivity contribution in [2.24, 2.45) is 0 Å². The van der Waals surface area contributed by atoms with Crippen molar-refractivity contribution in [1.82, 2.24) is 0 Å². The Morgan fingerprint density at radius 3 is 2.46 bits per heavy atom. The number of carbonyl (C=O) groups excluding carboxylic acids is 2. The summed E-state index contributed by atoms with van der Waals surface area (Å²) in [6, 6.07) is 0. The normalized spacial score (nSPS) is 12.3. The molecule has 0 saturated carbocycles. The van der Waals surface area contributed by atoms with Gasteiger partial charge in [0.05, 0.1) is 12.7 Å². The number of hydrogen-bond donors (Lipinski definition) is 0. The van der Waals surface area contributed by atoms with Crippen molar-refractivity contribution in [2.45, 2.75) is 6.92 Å². The minimum absolute atomic E-state index is 0.232. The Labute approximate surface area is 77.4 Å². The van der Waals surface area contributed by atoms with E-state index < -0.39 is 5.97 Å². The molecule has 0 heterocycles. The van der Waals surface area contributed by atoms with E-state index in [1.54, 1.807) is 12.2 Å². The lowest BCUT2D eigenvalue weighted by Gasteiger charge is -1.96. The van der Waals surface area contributed by atoms with Crippen LogP contribution in [0.1, 0.15) is 6.92 Å². The number of aldehydes is 1. The first-order valence-electron chi connectivity index (χ1n) is 3.79. The first-order chi connectivity index (χ1) is 6.26. The summed E-state index contributed by atoms with van der Waals surface area (Å²) in [6.45, 7) is 1.85. The summed E-state index contributed by atoms with van der Waals surface area (Å²) in [5, 5.41) is 0. The van der Waals surface area contributed by atoms with E-state index in [1.165, 1.54) is 13.2 Å². The molecule has 0 aromatic heterocycles. The van der Waals surface area contributed by atoms with Crippen LogP contribution < -0.4 is 0 Å². The van der Waals surface area contributed by atoms with Crippen molar-refractivity contribution in [3.05, 3.63) is 36.0 Å². The predicted octanol–water partition coefficient (Wildman–Crippen LogP) is 1.42. The van der Waals surface area contributed by atoms with Crippen molar-refractivity contribution >= 4 is 12.3 Å². The maximum absolute atomic E-state index is 11.0. The molecule has 70 valence electrons. The maximum Gasteiger partial charge on any atom is 0.337 e. The molecule has 0 fully saturated rings. The Morgan fingerprint density at radius 2 is 2.00 bits per heavy atom. The number of allylic oxidation sites excluding steroid dienone is 4. The van der Waals surface area contributed by atoms with Crippen LogP contribution in [0.4, 0.5) is 0 Å². The fourth-order valence-electron chi connectivity index (χ4n) is 0.653. The molecule has 0 saturated heterocycles. The Balaban J connectivity index is 4.53. The highest BCUT2D eigenvalue weighted by atomic mass is 16.5. The van der Waals surface area contributed by atoms with E-state index in [4.69, 9.17) is 0 Å². The maximum atomic E-state index is 11.0. The van der Waals surface area contributed by atoms with Crippen LogP contribution in [-0.4, -0.2) is 19.4 Å². The van der Waals surface area contributed by atoms with Crippen molar-refractivity contribution < 1.29 is 14.3 Å². The zero-order chi connectivity index (χ0) is 10.1. The third kappa shape index (κ3) is 4.74. The number of rotatable bonds is 4. The van der Waals surface area contributed by atoms with Gasteiger partial charge in [-0.2, -0.15) is 0 Å². The fourth-order valence-corrected chi connectivity index (χ4v) is 0.653. The van der Waals surface area contributed by atoms with Gasteiger partial charge in [0.25, 0.3) is 0 Å². The minimum atomic E-state index is -0.521. The summed E-state index contributed by atoms with van der Waals surface area (Å²) in [5.41, 5.74) is 0.232. The van der Waals surface area contributed by atoms with Crippen LogP contribution in [0.3, 0.4) is 0 Å². The summed E-state index contributed by atoms with van der Waals surface area (Å²) in [4.78, 5) is 21.1. The van der Waals surface area contributed by atoms with Gasteiger partial charge in [0.1, 0.15) is 6.29 Å². The summed E-state index contributed by atoms with van der Waals surface area (Å²) in [6.07, 6.45) is 8.44. The number of ether oxygens (including phenoxy) is 1. The number of hydrogen-bond acceptors (Lipinski definition) is 3. The third-order valence-electron chi connectivity index (χ3n) is 1.25. The standard InChI is InChI=1S/C10H12O3/c1-3-4-5-6-9(7-8-11)10(12)13-2/h3-8H,1-2H3/b4-3+,6-5+,9-7-. The lowest BCUT2D eigenvalue weighted by atomic mass is 10.2. The molecule has 0 aromatic rings. The molecule has 3 heteroatoms. The van der Waals surface area contributed by atoms with E-state index in [2.05, 4.69) is 4.74 Å². The Kier molecular flexibility index (Phi) is 6.15. The highest BCUT2D eigenvalue weighted by Gasteiger charge is 2.03. The minimum Gasteiger partial charge on any atom is -0.465 e. The smallest absolute Gasteiger partial charge is 0.337 e. The predicted molar refractivity (Wildman–Crippen MR) is 50.1 cm³/mol. The van der Waals surface area contributed by atoms with E-state index in [0.717, 1.165) is 6.08 Å². The summed E-state index contributed by atoms with van der Waals surface area (Å²) < 4.78 is 4.45. The zero-order valence-electron chi connectivity index (χ0n) is 7.69. The molecule has 0 amide bonds. The van der Waals surface area contributed by atoms with Gasteiger partial charge in [-0.15, -0.1) is 0 Å². The summed E-state index contributed by atoms with van der Waals surface area (Å²) >= 11 is 0. The molecule has 0 radical (unpaired) electrons. The molecule has 0 aliphatic carbocycles. The second kappa shape index (κ2) is 7.03. The average molecular weight is 180 g/mol. The van der Waals surface area contributed by atoms with Crippen molar-refractivity contribution in [3.8, 4) is 0 Å². The Hall–Kier alpha value is -1.64. The highest BCUT2D eigenvalue weighted by molar-refractivity contribution is 5.95. The van der Waals surface area contributed by atoms with Gasteiger partial charge in [0, 0.05) is 0 Å². The molecule has 0 bridgehead atoms. The third-order valence-corrected chi connectivity index (χ3v) is 1.25. The molecule has 0 aromatic carbocycles. The molecule has 13 heavy (non-hydrogen) atoms. The van der Waals surface area contributed by atoms with Gasteiger partial charge in [-0.1, -0.05) is 18.2 Å². The molecule has 0 rings (SSSR count). The second-order valence-corrected chi connectivity index (χ2v) is 2.13. The first-order valence-corrected chi connectivity index (χ1v) is 3.79. The van der Waals surface area contributed by atoms with Gasteiger partial charge in [0.2, 0.25) is 0 Å². The summed E-state index contributed by atoms with van der Waals surface area (Å²) in [5.74, 6) is -0.521. The number of carbonyl (C=O) groups is 2.